The van der Waals surface area contributed by atoms with Crippen LogP contribution in [0.3, 0.4) is 0 Å². The highest BCUT2D eigenvalue weighted by molar-refractivity contribution is 9.10. The molecule has 0 saturated heterocycles. The van der Waals surface area contributed by atoms with Crippen LogP contribution in [-0.2, 0) is 0 Å². The van der Waals surface area contributed by atoms with E-state index in [1.807, 2.05) is 30.3 Å². The molecule has 1 N–H and O–H groups in total. The molecule has 0 unspecified atom stereocenters. The SMILES string of the molecule is O=C(NCCOc1ccccc1)c1c(F)cccc1Br. The number of hydrogen-bond donors (Lipinski definition) is 1. The second kappa shape index (κ2) is 7.05. The second-order valence-electron chi connectivity index (χ2n) is 4.01. The Morgan fingerprint density at radius 3 is 2.60 bits per heavy atom. The predicted octanol–water partition coefficient (Wildman–Crippen LogP) is 3.40. The van der Waals surface area contributed by atoms with Gasteiger partial charge in [-0.3, -0.25) is 4.79 Å². The lowest BCUT2D eigenvalue weighted by molar-refractivity contribution is 0.0942. The molecular formula is C15H13BrFNO2. The van der Waals surface area contributed by atoms with Crippen molar-refractivity contribution in [2.75, 3.05) is 13.2 Å². The van der Waals surface area contributed by atoms with Gasteiger partial charge in [0.1, 0.15) is 18.2 Å². The smallest absolute Gasteiger partial charge is 0.255 e. The number of amides is 1. The minimum atomic E-state index is -0.555. The van der Waals surface area contributed by atoms with Gasteiger partial charge in [0.15, 0.2) is 0 Å². The molecule has 2 aromatic carbocycles. The van der Waals surface area contributed by atoms with Gasteiger partial charge in [0.2, 0.25) is 0 Å². The van der Waals surface area contributed by atoms with Crippen LogP contribution in [-0.4, -0.2) is 19.1 Å². The molecule has 0 fully saturated rings. The van der Waals surface area contributed by atoms with E-state index < -0.39 is 11.7 Å². The molecule has 5 heteroatoms. The lowest BCUT2D eigenvalue weighted by Gasteiger charge is -2.09. The maximum absolute atomic E-state index is 13.6. The number of carbonyl (C=O) groups is 1. The Bertz CT molecular complexity index is 569. The van der Waals surface area contributed by atoms with E-state index in [0.29, 0.717) is 17.6 Å². The number of ether oxygens (including phenoxy) is 1. The molecule has 104 valence electrons. The van der Waals surface area contributed by atoms with Gasteiger partial charge in [-0.2, -0.15) is 0 Å². The number of benzene rings is 2. The fourth-order valence-corrected chi connectivity index (χ4v) is 2.18. The Morgan fingerprint density at radius 1 is 1.15 bits per heavy atom. The molecule has 0 aliphatic rings. The third-order valence-electron chi connectivity index (χ3n) is 2.59. The van der Waals surface area contributed by atoms with E-state index in [4.69, 9.17) is 4.74 Å². The maximum Gasteiger partial charge on any atom is 0.255 e. The molecule has 20 heavy (non-hydrogen) atoms. The summed E-state index contributed by atoms with van der Waals surface area (Å²) in [6.45, 7) is 0.621. The molecule has 1 amide bonds. The Hall–Kier alpha value is -1.88. The third-order valence-corrected chi connectivity index (χ3v) is 3.25. The molecule has 2 rings (SSSR count). The van der Waals surface area contributed by atoms with Gasteiger partial charge in [0.25, 0.3) is 5.91 Å². The summed E-state index contributed by atoms with van der Waals surface area (Å²) in [4.78, 5) is 11.9. The molecule has 0 atom stereocenters. The summed E-state index contributed by atoms with van der Waals surface area (Å²) in [5, 5.41) is 2.62. The van der Waals surface area contributed by atoms with Gasteiger partial charge in [-0.1, -0.05) is 24.3 Å². The zero-order chi connectivity index (χ0) is 14.4. The van der Waals surface area contributed by atoms with Crippen molar-refractivity contribution < 1.29 is 13.9 Å². The highest BCUT2D eigenvalue weighted by atomic mass is 79.9. The van der Waals surface area contributed by atoms with Crippen LogP contribution in [0.15, 0.2) is 53.0 Å². The summed E-state index contributed by atoms with van der Waals surface area (Å²) in [5.74, 6) is -0.290. The van der Waals surface area contributed by atoms with Crippen LogP contribution < -0.4 is 10.1 Å². The monoisotopic (exact) mass is 337 g/mol. The largest absolute Gasteiger partial charge is 0.492 e. The summed E-state index contributed by atoms with van der Waals surface area (Å²) in [5.41, 5.74) is 0.00668. The first-order valence-corrected chi connectivity index (χ1v) is 6.88. The second-order valence-corrected chi connectivity index (χ2v) is 4.87. The third kappa shape index (κ3) is 3.81. The number of hydrogen-bond acceptors (Lipinski definition) is 2. The average molecular weight is 338 g/mol. The highest BCUT2D eigenvalue weighted by Gasteiger charge is 2.14. The van der Waals surface area contributed by atoms with Gasteiger partial charge < -0.3 is 10.1 Å². The van der Waals surface area contributed by atoms with E-state index in [2.05, 4.69) is 21.2 Å². The van der Waals surface area contributed by atoms with Crippen molar-refractivity contribution in [1.82, 2.24) is 5.32 Å². The maximum atomic E-state index is 13.6. The average Bonchev–Trinajstić information content (AvgIpc) is 2.44. The molecule has 0 bridgehead atoms. The number of halogens is 2. The first-order chi connectivity index (χ1) is 9.68. The topological polar surface area (TPSA) is 38.3 Å². The molecule has 3 nitrogen and oxygen atoms in total. The van der Waals surface area contributed by atoms with Gasteiger partial charge in [0.05, 0.1) is 12.1 Å². The Labute approximate surface area is 124 Å². The van der Waals surface area contributed by atoms with Crippen LogP contribution in [0.4, 0.5) is 4.39 Å². The van der Waals surface area contributed by atoms with E-state index in [1.54, 1.807) is 6.07 Å². The van der Waals surface area contributed by atoms with Gasteiger partial charge in [0, 0.05) is 4.47 Å². The number of rotatable bonds is 5. The number of nitrogens with one attached hydrogen (secondary N) is 1. The van der Waals surface area contributed by atoms with Crippen molar-refractivity contribution in [2.24, 2.45) is 0 Å². The molecule has 0 aromatic heterocycles. The van der Waals surface area contributed by atoms with Crippen molar-refractivity contribution in [1.29, 1.82) is 0 Å². The Kier molecular flexibility index (Phi) is 5.12. The molecule has 0 radical (unpaired) electrons. The van der Waals surface area contributed by atoms with Crippen LogP contribution >= 0.6 is 15.9 Å². The first-order valence-electron chi connectivity index (χ1n) is 6.08. The zero-order valence-corrected chi connectivity index (χ0v) is 12.2. The number of para-hydroxylation sites is 1. The highest BCUT2D eigenvalue weighted by Crippen LogP contribution is 2.19. The lowest BCUT2D eigenvalue weighted by Crippen LogP contribution is -2.29. The lowest BCUT2D eigenvalue weighted by atomic mass is 10.2. The summed E-state index contributed by atoms with van der Waals surface area (Å²) in [7, 11) is 0. The van der Waals surface area contributed by atoms with Crippen molar-refractivity contribution in [2.45, 2.75) is 0 Å². The molecule has 0 heterocycles. The van der Waals surface area contributed by atoms with E-state index in [-0.39, 0.29) is 5.56 Å². The zero-order valence-electron chi connectivity index (χ0n) is 10.6. The molecule has 0 aliphatic heterocycles. The summed E-state index contributed by atoms with van der Waals surface area (Å²) in [6, 6.07) is 13.7. The van der Waals surface area contributed by atoms with Crippen LogP contribution in [0, 0.1) is 5.82 Å². The summed E-state index contributed by atoms with van der Waals surface area (Å²) < 4.78 is 19.4. The molecule has 2 aromatic rings. The van der Waals surface area contributed by atoms with Crippen molar-refractivity contribution in [3.8, 4) is 5.75 Å². The number of carbonyl (C=O) groups excluding carboxylic acids is 1. The van der Waals surface area contributed by atoms with Crippen LogP contribution in [0.1, 0.15) is 10.4 Å². The summed E-state index contributed by atoms with van der Waals surface area (Å²) >= 11 is 3.16. The van der Waals surface area contributed by atoms with Gasteiger partial charge in [-0.15, -0.1) is 0 Å². The fourth-order valence-electron chi connectivity index (χ4n) is 1.65. The molecular weight excluding hydrogens is 325 g/mol. The fraction of sp³-hybridized carbons (Fsp3) is 0.133. The normalized spacial score (nSPS) is 10.1. The minimum Gasteiger partial charge on any atom is -0.492 e. The molecule has 0 aliphatic carbocycles. The Balaban J connectivity index is 1.84. The molecule has 0 saturated carbocycles. The van der Waals surface area contributed by atoms with Crippen molar-refractivity contribution >= 4 is 21.8 Å². The quantitative estimate of drug-likeness (QED) is 0.849. The van der Waals surface area contributed by atoms with E-state index in [9.17, 15) is 9.18 Å². The van der Waals surface area contributed by atoms with E-state index in [0.717, 1.165) is 5.75 Å². The predicted molar refractivity (Wildman–Crippen MR) is 78.4 cm³/mol. The van der Waals surface area contributed by atoms with Crippen molar-refractivity contribution in [3.63, 3.8) is 0 Å². The Morgan fingerprint density at radius 2 is 1.90 bits per heavy atom. The van der Waals surface area contributed by atoms with Gasteiger partial charge in [-0.25, -0.2) is 4.39 Å². The van der Waals surface area contributed by atoms with Crippen LogP contribution in [0.5, 0.6) is 5.75 Å². The standard InChI is InChI=1S/C15H13BrFNO2/c16-12-7-4-8-13(17)14(12)15(19)18-9-10-20-11-5-2-1-3-6-11/h1-8H,9-10H2,(H,18,19). The van der Waals surface area contributed by atoms with Crippen LogP contribution in [0.25, 0.3) is 0 Å². The van der Waals surface area contributed by atoms with Gasteiger partial charge in [-0.05, 0) is 40.2 Å². The van der Waals surface area contributed by atoms with E-state index >= 15 is 0 Å². The van der Waals surface area contributed by atoms with Crippen LogP contribution in [0.2, 0.25) is 0 Å². The van der Waals surface area contributed by atoms with E-state index in [1.165, 1.54) is 12.1 Å². The summed E-state index contributed by atoms with van der Waals surface area (Å²) in [6.07, 6.45) is 0. The molecule has 0 spiro atoms. The first kappa shape index (κ1) is 14.5. The van der Waals surface area contributed by atoms with Crippen molar-refractivity contribution in [3.05, 3.63) is 64.4 Å². The minimum absolute atomic E-state index is 0.00668. The van der Waals surface area contributed by atoms with Gasteiger partial charge >= 0.3 is 0 Å².